The number of carbonyl (C=O) groups excluding carboxylic acids is 2. The molecule has 178 valence electrons. The van der Waals surface area contributed by atoms with Gasteiger partial charge in [0, 0.05) is 44.6 Å². The molecule has 0 fully saturated rings. The van der Waals surface area contributed by atoms with Gasteiger partial charge in [-0.2, -0.15) is 11.8 Å². The van der Waals surface area contributed by atoms with Crippen LogP contribution in [0.4, 0.5) is 0 Å². The molecule has 2 aromatic carbocycles. The van der Waals surface area contributed by atoms with E-state index in [-0.39, 0.29) is 17.7 Å². The van der Waals surface area contributed by atoms with Crippen LogP contribution in [0, 0.1) is 0 Å². The van der Waals surface area contributed by atoms with Crippen molar-refractivity contribution in [2.24, 2.45) is 0 Å². The van der Waals surface area contributed by atoms with Gasteiger partial charge in [-0.15, -0.1) is 0 Å². The van der Waals surface area contributed by atoms with E-state index in [2.05, 4.69) is 28.2 Å². The molecule has 0 unspecified atom stereocenters. The molecule has 34 heavy (non-hydrogen) atoms. The van der Waals surface area contributed by atoms with Crippen molar-refractivity contribution >= 4 is 51.0 Å². The first-order valence-corrected chi connectivity index (χ1v) is 13.7. The van der Waals surface area contributed by atoms with E-state index in [4.69, 9.17) is 16.3 Å². The van der Waals surface area contributed by atoms with Crippen molar-refractivity contribution < 1.29 is 14.3 Å². The highest BCUT2D eigenvalue weighted by Crippen LogP contribution is 2.47. The number of ether oxygens (including phenoxy) is 1. The number of ketones is 1. The van der Waals surface area contributed by atoms with Crippen molar-refractivity contribution in [1.82, 2.24) is 5.32 Å². The number of allylic oxidation sites excluding steroid dienone is 3. The van der Waals surface area contributed by atoms with Gasteiger partial charge in [-0.3, -0.25) is 4.79 Å². The number of benzene rings is 2. The Balaban J connectivity index is 1.72. The summed E-state index contributed by atoms with van der Waals surface area (Å²) in [5, 5.41) is 4.08. The molecule has 0 saturated carbocycles. The second-order valence-corrected chi connectivity index (χ2v) is 11.1. The fourth-order valence-corrected chi connectivity index (χ4v) is 5.85. The van der Waals surface area contributed by atoms with Gasteiger partial charge < -0.3 is 10.1 Å². The zero-order chi connectivity index (χ0) is 24.2. The minimum absolute atomic E-state index is 0.0498. The Morgan fingerprint density at radius 1 is 1.18 bits per heavy atom. The molecule has 2 aliphatic rings. The van der Waals surface area contributed by atoms with Crippen molar-refractivity contribution in [3.8, 4) is 0 Å². The number of halogens is 2. The molecule has 4 rings (SSSR count). The minimum atomic E-state index is -0.475. The molecule has 0 saturated heterocycles. The summed E-state index contributed by atoms with van der Waals surface area (Å²) in [4.78, 5) is 26.9. The van der Waals surface area contributed by atoms with Crippen molar-refractivity contribution in [2.45, 2.75) is 38.5 Å². The van der Waals surface area contributed by atoms with E-state index in [1.807, 2.05) is 55.5 Å². The molecule has 1 N–H and O–H groups in total. The number of Topliss-reactive ketones (excluding diaryl/α,β-unsaturated/α-hetero) is 1. The van der Waals surface area contributed by atoms with Crippen LogP contribution in [-0.2, 0) is 14.3 Å². The summed E-state index contributed by atoms with van der Waals surface area (Å²) in [5.41, 5.74) is 4.76. The molecule has 0 amide bonds. The van der Waals surface area contributed by atoms with Crippen LogP contribution in [0.1, 0.15) is 49.7 Å². The summed E-state index contributed by atoms with van der Waals surface area (Å²) in [6.45, 7) is 4.31. The van der Waals surface area contributed by atoms with Crippen LogP contribution in [0.2, 0.25) is 5.02 Å². The molecule has 0 bridgehead atoms. The van der Waals surface area contributed by atoms with Gasteiger partial charge in [-0.1, -0.05) is 64.8 Å². The number of esters is 1. The Kier molecular flexibility index (Phi) is 8.22. The van der Waals surface area contributed by atoms with Crippen molar-refractivity contribution in [3.05, 3.63) is 91.7 Å². The van der Waals surface area contributed by atoms with E-state index in [1.165, 1.54) is 0 Å². The van der Waals surface area contributed by atoms with E-state index in [0.29, 0.717) is 35.6 Å². The zero-order valence-corrected chi connectivity index (χ0v) is 22.4. The summed E-state index contributed by atoms with van der Waals surface area (Å²) < 4.78 is 6.50. The summed E-state index contributed by atoms with van der Waals surface area (Å²) in [7, 11) is 0. The third kappa shape index (κ3) is 5.29. The van der Waals surface area contributed by atoms with Crippen molar-refractivity contribution in [3.63, 3.8) is 0 Å². The maximum Gasteiger partial charge on any atom is 0.336 e. The number of carbonyl (C=O) groups is 2. The molecule has 4 nitrogen and oxygen atoms in total. The molecule has 1 heterocycles. The molecule has 0 aromatic heterocycles. The van der Waals surface area contributed by atoms with Crippen molar-refractivity contribution in [2.75, 3.05) is 18.1 Å². The maximum atomic E-state index is 13.6. The fraction of sp³-hybridized carbons (Fsp3) is 0.333. The van der Waals surface area contributed by atoms with Gasteiger partial charge in [0.1, 0.15) is 6.61 Å². The van der Waals surface area contributed by atoms with Crippen molar-refractivity contribution in [1.29, 1.82) is 0 Å². The lowest BCUT2D eigenvalue weighted by Gasteiger charge is -2.37. The second kappa shape index (κ2) is 11.1. The average molecular weight is 561 g/mol. The van der Waals surface area contributed by atoms with Gasteiger partial charge >= 0.3 is 5.97 Å². The fourth-order valence-electron chi connectivity index (χ4n) is 4.72. The van der Waals surface area contributed by atoms with E-state index in [9.17, 15) is 9.59 Å². The van der Waals surface area contributed by atoms with E-state index < -0.39 is 5.92 Å². The highest BCUT2D eigenvalue weighted by atomic mass is 79.9. The lowest BCUT2D eigenvalue weighted by molar-refractivity contribution is -0.138. The van der Waals surface area contributed by atoms with E-state index in [1.54, 1.807) is 11.8 Å². The highest BCUT2D eigenvalue weighted by Gasteiger charge is 2.42. The van der Waals surface area contributed by atoms with Gasteiger partial charge in [0.05, 0.1) is 5.57 Å². The Bertz CT molecular complexity index is 1160. The first-order chi connectivity index (χ1) is 16.4. The first kappa shape index (κ1) is 25.1. The number of hydrogen-bond acceptors (Lipinski definition) is 5. The third-order valence-electron chi connectivity index (χ3n) is 6.27. The van der Waals surface area contributed by atoms with Gasteiger partial charge in [0.2, 0.25) is 0 Å². The van der Waals surface area contributed by atoms with Crippen LogP contribution in [0.5, 0.6) is 0 Å². The van der Waals surface area contributed by atoms with Gasteiger partial charge in [-0.05, 0) is 54.3 Å². The summed E-state index contributed by atoms with van der Waals surface area (Å²) >= 11 is 11.4. The van der Waals surface area contributed by atoms with E-state index >= 15 is 0 Å². The molecular weight excluding hydrogens is 534 g/mol. The molecule has 7 heteroatoms. The smallest absolute Gasteiger partial charge is 0.336 e. The lowest BCUT2D eigenvalue weighted by atomic mass is 9.72. The van der Waals surface area contributed by atoms with Gasteiger partial charge in [0.15, 0.2) is 5.78 Å². The average Bonchev–Trinajstić information content (AvgIpc) is 2.81. The zero-order valence-electron chi connectivity index (χ0n) is 19.2. The number of hydrogen-bond donors (Lipinski definition) is 1. The highest BCUT2D eigenvalue weighted by molar-refractivity contribution is 9.10. The van der Waals surface area contributed by atoms with Gasteiger partial charge in [0.25, 0.3) is 0 Å². The predicted molar refractivity (Wildman–Crippen MR) is 142 cm³/mol. The van der Waals surface area contributed by atoms with Crippen LogP contribution in [0.25, 0.3) is 0 Å². The molecule has 0 spiro atoms. The normalized spacial score (nSPS) is 20.2. The maximum absolute atomic E-state index is 13.6. The standard InChI is InChI=1S/C27H27BrClNO3S/c1-3-34-13-12-33-27(32)24-16(2)30-22-14-18(17-8-10-19(29)11-9-17)15-23(31)26(22)25(24)20-6-4-5-7-21(20)28/h4-11,18,25,30H,3,12-15H2,1-2H3/t18-,25-/m1/s1. The minimum Gasteiger partial charge on any atom is -0.461 e. The molecule has 2 atom stereocenters. The molecule has 1 aliphatic carbocycles. The molecule has 2 aromatic rings. The largest absolute Gasteiger partial charge is 0.461 e. The van der Waals surface area contributed by atoms with Crippen LogP contribution in [0.15, 0.2) is 75.5 Å². The monoisotopic (exact) mass is 559 g/mol. The van der Waals surface area contributed by atoms with Crippen LogP contribution >= 0.6 is 39.3 Å². The summed E-state index contributed by atoms with van der Waals surface area (Å²) in [6, 6.07) is 15.5. The molecule has 0 radical (unpaired) electrons. The lowest BCUT2D eigenvalue weighted by Crippen LogP contribution is -2.36. The first-order valence-electron chi connectivity index (χ1n) is 11.4. The summed E-state index contributed by atoms with van der Waals surface area (Å²) in [6.07, 6.45) is 1.08. The quantitative estimate of drug-likeness (QED) is 0.299. The SMILES string of the molecule is CCSCCOC(=O)C1=C(C)NC2=C(C(=O)C[C@H](c3ccc(Cl)cc3)C2)[C@@H]1c1ccccc1Br. The van der Waals surface area contributed by atoms with Gasteiger partial charge in [-0.25, -0.2) is 4.79 Å². The van der Waals surface area contributed by atoms with E-state index in [0.717, 1.165) is 38.5 Å². The van der Waals surface area contributed by atoms with Crippen LogP contribution in [-0.4, -0.2) is 29.9 Å². The number of rotatable bonds is 7. The number of nitrogens with one attached hydrogen (secondary N) is 1. The predicted octanol–water partition coefficient (Wildman–Crippen LogP) is 6.76. The topological polar surface area (TPSA) is 55.4 Å². The Morgan fingerprint density at radius 3 is 2.62 bits per heavy atom. The third-order valence-corrected chi connectivity index (χ3v) is 8.11. The molecular formula is C27H27BrClNO3S. The summed E-state index contributed by atoms with van der Waals surface area (Å²) in [5.74, 6) is 0.979. The Hall–Kier alpha value is -2.02. The number of thioether (sulfide) groups is 1. The Morgan fingerprint density at radius 2 is 1.91 bits per heavy atom. The molecule has 1 aliphatic heterocycles. The Labute approximate surface area is 218 Å². The number of dihydropyridines is 1. The second-order valence-electron chi connectivity index (χ2n) is 8.42. The van der Waals surface area contributed by atoms with Crippen LogP contribution < -0.4 is 5.32 Å². The van der Waals surface area contributed by atoms with Crippen LogP contribution in [0.3, 0.4) is 0 Å².